The molecule has 64 heavy (non-hydrogen) atoms. The van der Waals surface area contributed by atoms with E-state index in [0.29, 0.717) is 12.8 Å². The third-order valence-electron chi connectivity index (χ3n) is 11.4. The Morgan fingerprint density at radius 3 is 1.48 bits per heavy atom. The Hall–Kier alpha value is -2.39. The summed E-state index contributed by atoms with van der Waals surface area (Å²) in [7, 11) is -4.61. The highest BCUT2D eigenvalue weighted by Gasteiger charge is 2.46. The first-order valence-electron chi connectivity index (χ1n) is 25.2. The number of rotatable bonds is 42. The Morgan fingerprint density at radius 2 is 0.984 bits per heavy atom. The second-order valence-electron chi connectivity index (χ2n) is 17.4. The average molecular weight is 927 g/mol. The molecule has 4 N–H and O–H groups in total. The number of aliphatic hydroxyl groups excluding tert-OH is 3. The third-order valence-corrected chi connectivity index (χ3v) is 12.1. The van der Waals surface area contributed by atoms with Crippen molar-refractivity contribution in [3.05, 3.63) is 48.6 Å². The highest BCUT2D eigenvalue weighted by molar-refractivity contribution is 7.85. The summed E-state index contributed by atoms with van der Waals surface area (Å²) in [6.07, 6.45) is 40.1. The van der Waals surface area contributed by atoms with Crippen LogP contribution in [0.15, 0.2) is 48.6 Å². The molecule has 0 aromatic heterocycles. The van der Waals surface area contributed by atoms with Gasteiger partial charge in [-0.05, 0) is 70.6 Å². The molecule has 6 atom stereocenters. The fourth-order valence-electron chi connectivity index (χ4n) is 7.51. The monoisotopic (exact) mass is 927 g/mol. The number of carbonyl (C=O) groups excluding carboxylic acids is 2. The van der Waals surface area contributed by atoms with E-state index < -0.39 is 71.2 Å². The Balaban J connectivity index is 2.37. The molecule has 372 valence electrons. The van der Waals surface area contributed by atoms with Crippen molar-refractivity contribution in [2.24, 2.45) is 0 Å². The highest BCUT2D eigenvalue weighted by atomic mass is 32.2. The Morgan fingerprint density at radius 1 is 0.547 bits per heavy atom. The molecule has 0 bridgehead atoms. The molecule has 0 amide bonds. The molecule has 0 aliphatic carbocycles. The lowest BCUT2D eigenvalue weighted by molar-refractivity contribution is -0.297. The minimum absolute atomic E-state index is 0.144. The molecule has 12 nitrogen and oxygen atoms in total. The predicted molar refractivity (Wildman–Crippen MR) is 256 cm³/mol. The van der Waals surface area contributed by atoms with Crippen LogP contribution in [0.3, 0.4) is 0 Å². The summed E-state index contributed by atoms with van der Waals surface area (Å²) < 4.78 is 54.2. The molecular weight excluding hydrogens is 837 g/mol. The van der Waals surface area contributed by atoms with Crippen LogP contribution < -0.4 is 0 Å². The van der Waals surface area contributed by atoms with Crippen LogP contribution >= 0.6 is 0 Å². The highest BCUT2D eigenvalue weighted by Crippen LogP contribution is 2.24. The van der Waals surface area contributed by atoms with Crippen molar-refractivity contribution >= 4 is 22.1 Å². The van der Waals surface area contributed by atoms with Crippen LogP contribution in [0.4, 0.5) is 0 Å². The molecule has 0 saturated carbocycles. The van der Waals surface area contributed by atoms with Gasteiger partial charge in [-0.25, -0.2) is 0 Å². The SMILES string of the molecule is CC/C=C\C/C=C\C/C=C\CCCCCCCC(=O)OC(COC(=O)CCCCCCCCCCC/C=C\CCCCCCCCCC)COC1OC(CS(=O)(=O)O)C(O)C(O)C1O. The summed E-state index contributed by atoms with van der Waals surface area (Å²) >= 11 is 0. The number of aliphatic hydroxyl groups is 3. The first-order chi connectivity index (χ1) is 31.0. The van der Waals surface area contributed by atoms with E-state index in [4.69, 9.17) is 18.9 Å². The van der Waals surface area contributed by atoms with Crippen LogP contribution in [0.1, 0.15) is 206 Å². The zero-order chi connectivity index (χ0) is 46.9. The number of allylic oxidation sites excluding steroid dienone is 8. The number of ether oxygens (including phenoxy) is 4. The number of unbranched alkanes of at least 4 members (excludes halogenated alkanes) is 22. The van der Waals surface area contributed by atoms with E-state index in [-0.39, 0.29) is 19.4 Å². The number of hydrogen-bond acceptors (Lipinski definition) is 11. The van der Waals surface area contributed by atoms with Crippen LogP contribution in [0.25, 0.3) is 0 Å². The summed E-state index contributed by atoms with van der Waals surface area (Å²) in [5.74, 6) is -2.01. The van der Waals surface area contributed by atoms with Gasteiger partial charge in [0.1, 0.15) is 36.8 Å². The molecule has 1 heterocycles. The van der Waals surface area contributed by atoms with E-state index in [1.807, 2.05) is 0 Å². The smallest absolute Gasteiger partial charge is 0.306 e. The molecule has 1 rings (SSSR count). The second-order valence-corrected chi connectivity index (χ2v) is 18.9. The van der Waals surface area contributed by atoms with Crippen molar-refractivity contribution in [2.45, 2.75) is 243 Å². The number of carbonyl (C=O) groups is 2. The van der Waals surface area contributed by atoms with Gasteiger partial charge in [-0.15, -0.1) is 0 Å². The van der Waals surface area contributed by atoms with Crippen molar-refractivity contribution in [2.75, 3.05) is 19.0 Å². The van der Waals surface area contributed by atoms with Gasteiger partial charge >= 0.3 is 11.9 Å². The van der Waals surface area contributed by atoms with E-state index in [9.17, 15) is 37.9 Å². The topological polar surface area (TPSA) is 186 Å². The van der Waals surface area contributed by atoms with Gasteiger partial charge in [-0.1, -0.05) is 172 Å². The fourth-order valence-corrected chi connectivity index (χ4v) is 8.20. The minimum Gasteiger partial charge on any atom is -0.462 e. The van der Waals surface area contributed by atoms with Gasteiger partial charge < -0.3 is 34.3 Å². The Labute approximate surface area is 388 Å². The van der Waals surface area contributed by atoms with E-state index in [1.165, 1.54) is 96.3 Å². The Bertz CT molecular complexity index is 1360. The maximum atomic E-state index is 12.8. The quantitative estimate of drug-likeness (QED) is 0.0197. The van der Waals surface area contributed by atoms with E-state index in [0.717, 1.165) is 70.6 Å². The van der Waals surface area contributed by atoms with Crippen molar-refractivity contribution < 1.29 is 56.8 Å². The van der Waals surface area contributed by atoms with Gasteiger partial charge in [-0.3, -0.25) is 14.1 Å². The standard InChI is InChI=1S/C51H90O12S/c1-3-5-7-9-11-13-15-17-19-20-21-22-23-24-26-27-29-31-33-35-37-39-46(52)60-41-44(42-61-51-50(56)49(55)48(54)45(63-51)43-64(57,58)59)62-47(53)40-38-36-34-32-30-28-25-18-16-14-12-10-8-6-4-2/h6,8,12,14,18,20-21,25,44-45,48-51,54-56H,3-5,7,9-11,13,15-17,19,22-24,26-43H2,1-2H3,(H,57,58,59)/b8-6-,14-12-,21-20-,25-18-. The number of esters is 2. The lowest BCUT2D eigenvalue weighted by Crippen LogP contribution is -2.60. The molecular formula is C51H90O12S. The van der Waals surface area contributed by atoms with Gasteiger partial charge in [0, 0.05) is 12.8 Å². The molecule has 1 aliphatic rings. The molecule has 1 aliphatic heterocycles. The zero-order valence-corrected chi connectivity index (χ0v) is 40.7. The summed E-state index contributed by atoms with van der Waals surface area (Å²) in [5, 5.41) is 30.9. The summed E-state index contributed by atoms with van der Waals surface area (Å²) in [6.45, 7) is 3.65. The number of hydrogen-bond donors (Lipinski definition) is 4. The molecule has 1 saturated heterocycles. The van der Waals surface area contributed by atoms with Crippen molar-refractivity contribution in [3.8, 4) is 0 Å². The summed E-state index contributed by atoms with van der Waals surface area (Å²) in [6, 6.07) is 0. The van der Waals surface area contributed by atoms with Crippen LogP contribution in [0.5, 0.6) is 0 Å². The lowest BCUT2D eigenvalue weighted by Gasteiger charge is -2.40. The Kier molecular flexibility index (Phi) is 38.1. The van der Waals surface area contributed by atoms with Crippen molar-refractivity contribution in [3.63, 3.8) is 0 Å². The molecule has 6 unspecified atom stereocenters. The van der Waals surface area contributed by atoms with Crippen LogP contribution in [0.2, 0.25) is 0 Å². The molecule has 0 aromatic carbocycles. The van der Waals surface area contributed by atoms with Gasteiger partial charge in [0.25, 0.3) is 10.1 Å². The summed E-state index contributed by atoms with van der Waals surface area (Å²) in [4.78, 5) is 25.5. The maximum absolute atomic E-state index is 12.8. The first kappa shape index (κ1) is 59.6. The average Bonchev–Trinajstić information content (AvgIpc) is 3.26. The first-order valence-corrected chi connectivity index (χ1v) is 26.8. The van der Waals surface area contributed by atoms with Crippen molar-refractivity contribution in [1.82, 2.24) is 0 Å². The van der Waals surface area contributed by atoms with Crippen LogP contribution in [-0.4, -0.2) is 96.0 Å². The summed E-state index contributed by atoms with van der Waals surface area (Å²) in [5.41, 5.74) is 0. The van der Waals surface area contributed by atoms with Gasteiger partial charge in [0.05, 0.1) is 6.61 Å². The third kappa shape index (κ3) is 34.9. The van der Waals surface area contributed by atoms with E-state index in [1.54, 1.807) is 0 Å². The van der Waals surface area contributed by atoms with Crippen LogP contribution in [-0.2, 0) is 38.7 Å². The van der Waals surface area contributed by atoms with Crippen molar-refractivity contribution in [1.29, 1.82) is 0 Å². The van der Waals surface area contributed by atoms with E-state index >= 15 is 0 Å². The maximum Gasteiger partial charge on any atom is 0.306 e. The fraction of sp³-hybridized carbons (Fsp3) is 0.804. The normalized spacial score (nSPS) is 20.0. The van der Waals surface area contributed by atoms with Gasteiger partial charge in [-0.2, -0.15) is 8.42 Å². The lowest BCUT2D eigenvalue weighted by atomic mass is 10.00. The molecule has 13 heteroatoms. The molecule has 0 spiro atoms. The molecule has 0 radical (unpaired) electrons. The molecule has 0 aromatic rings. The minimum atomic E-state index is -4.61. The zero-order valence-electron chi connectivity index (χ0n) is 39.9. The molecule has 1 fully saturated rings. The van der Waals surface area contributed by atoms with E-state index in [2.05, 4.69) is 62.5 Å². The predicted octanol–water partition coefficient (Wildman–Crippen LogP) is 11.1. The van der Waals surface area contributed by atoms with Gasteiger partial charge in [0.15, 0.2) is 12.4 Å². The van der Waals surface area contributed by atoms with Gasteiger partial charge in [0.2, 0.25) is 0 Å². The largest absolute Gasteiger partial charge is 0.462 e. The second kappa shape index (κ2) is 40.8. The van der Waals surface area contributed by atoms with Crippen LogP contribution in [0, 0.1) is 0 Å².